The Morgan fingerprint density at radius 2 is 2.32 bits per heavy atom. The first-order valence-electron chi connectivity index (χ1n) is 7.26. The SMILES string of the molecule is COC(=O)c1ccn(CSc2nncn2/N=C/c2cnn(C)c2C)n1. The minimum atomic E-state index is -0.469. The van der Waals surface area contributed by atoms with Gasteiger partial charge in [0.2, 0.25) is 5.16 Å². The molecule has 0 aliphatic carbocycles. The van der Waals surface area contributed by atoms with Crippen LogP contribution in [0.2, 0.25) is 0 Å². The average molecular weight is 360 g/mol. The average Bonchev–Trinajstić information content (AvgIpc) is 3.33. The number of carbonyl (C=O) groups excluding carboxylic acids is 1. The second kappa shape index (κ2) is 7.30. The van der Waals surface area contributed by atoms with E-state index in [0.29, 0.717) is 11.0 Å². The quantitative estimate of drug-likeness (QED) is 0.366. The summed E-state index contributed by atoms with van der Waals surface area (Å²) in [4.78, 5) is 11.4. The first kappa shape index (κ1) is 16.9. The number of rotatable bonds is 6. The van der Waals surface area contributed by atoms with Gasteiger partial charge in [-0.3, -0.25) is 9.36 Å². The highest BCUT2D eigenvalue weighted by molar-refractivity contribution is 7.98. The molecule has 0 aliphatic heterocycles. The van der Waals surface area contributed by atoms with E-state index in [0.717, 1.165) is 11.3 Å². The van der Waals surface area contributed by atoms with E-state index in [1.165, 1.54) is 25.2 Å². The summed E-state index contributed by atoms with van der Waals surface area (Å²) in [6.07, 6.45) is 6.67. The van der Waals surface area contributed by atoms with Gasteiger partial charge in [0, 0.05) is 24.5 Å². The summed E-state index contributed by atoms with van der Waals surface area (Å²) in [5, 5.41) is 21.2. The molecule has 0 amide bonds. The largest absolute Gasteiger partial charge is 0.464 e. The van der Waals surface area contributed by atoms with Crippen LogP contribution < -0.4 is 0 Å². The molecule has 10 nitrogen and oxygen atoms in total. The molecule has 0 saturated carbocycles. The lowest BCUT2D eigenvalue weighted by Gasteiger charge is -2.01. The number of hydrogen-bond donors (Lipinski definition) is 0. The summed E-state index contributed by atoms with van der Waals surface area (Å²) in [6.45, 7) is 1.97. The van der Waals surface area contributed by atoms with Gasteiger partial charge in [0.1, 0.15) is 6.33 Å². The van der Waals surface area contributed by atoms with Gasteiger partial charge in [0.25, 0.3) is 0 Å². The van der Waals surface area contributed by atoms with Crippen LogP contribution in [0, 0.1) is 6.92 Å². The molecular formula is C14H16N8O2S. The third-order valence-electron chi connectivity index (χ3n) is 3.46. The maximum Gasteiger partial charge on any atom is 0.358 e. The summed E-state index contributed by atoms with van der Waals surface area (Å²) in [5.41, 5.74) is 2.19. The van der Waals surface area contributed by atoms with Gasteiger partial charge in [0.05, 0.1) is 25.4 Å². The maximum absolute atomic E-state index is 11.4. The van der Waals surface area contributed by atoms with E-state index in [1.807, 2.05) is 14.0 Å². The Labute approximate surface area is 147 Å². The molecule has 0 spiro atoms. The molecule has 3 heterocycles. The number of nitrogens with zero attached hydrogens (tertiary/aromatic N) is 8. The van der Waals surface area contributed by atoms with Crippen LogP contribution in [-0.4, -0.2) is 53.7 Å². The number of hydrogen-bond acceptors (Lipinski definition) is 8. The van der Waals surface area contributed by atoms with Crippen molar-refractivity contribution >= 4 is 23.9 Å². The molecule has 0 N–H and O–H groups in total. The predicted octanol–water partition coefficient (Wildman–Crippen LogP) is 0.935. The van der Waals surface area contributed by atoms with Gasteiger partial charge in [0.15, 0.2) is 5.69 Å². The normalized spacial score (nSPS) is 11.3. The smallest absolute Gasteiger partial charge is 0.358 e. The third kappa shape index (κ3) is 3.76. The van der Waals surface area contributed by atoms with E-state index in [9.17, 15) is 4.79 Å². The Hall–Kier alpha value is -2.95. The molecule has 3 aromatic rings. The predicted molar refractivity (Wildman–Crippen MR) is 90.4 cm³/mol. The summed E-state index contributed by atoms with van der Waals surface area (Å²) < 4.78 is 9.60. The van der Waals surface area contributed by atoms with Gasteiger partial charge >= 0.3 is 5.97 Å². The maximum atomic E-state index is 11.4. The zero-order chi connectivity index (χ0) is 17.8. The lowest BCUT2D eigenvalue weighted by molar-refractivity contribution is 0.0593. The molecule has 130 valence electrons. The van der Waals surface area contributed by atoms with E-state index in [1.54, 1.807) is 38.7 Å². The van der Waals surface area contributed by atoms with Crippen LogP contribution in [0.3, 0.4) is 0 Å². The van der Waals surface area contributed by atoms with Crippen molar-refractivity contribution in [2.45, 2.75) is 18.0 Å². The topological polar surface area (TPSA) is 105 Å². The lowest BCUT2D eigenvalue weighted by atomic mass is 10.3. The minimum absolute atomic E-state index is 0.259. The molecule has 0 aliphatic rings. The number of aromatic nitrogens is 7. The first-order chi connectivity index (χ1) is 12.1. The highest BCUT2D eigenvalue weighted by Gasteiger charge is 2.10. The third-order valence-corrected chi connectivity index (χ3v) is 4.38. The van der Waals surface area contributed by atoms with Gasteiger partial charge in [-0.2, -0.15) is 20.0 Å². The van der Waals surface area contributed by atoms with Gasteiger partial charge < -0.3 is 4.74 Å². The summed E-state index contributed by atoms with van der Waals surface area (Å²) in [5.74, 6) is -0.0136. The van der Waals surface area contributed by atoms with Crippen LogP contribution in [0.1, 0.15) is 21.7 Å². The first-order valence-corrected chi connectivity index (χ1v) is 8.24. The molecule has 11 heteroatoms. The molecule has 25 heavy (non-hydrogen) atoms. The molecule has 3 rings (SSSR count). The van der Waals surface area contributed by atoms with Crippen molar-refractivity contribution in [3.05, 3.63) is 41.7 Å². The zero-order valence-corrected chi connectivity index (χ0v) is 14.7. The van der Waals surface area contributed by atoms with E-state index < -0.39 is 5.97 Å². The van der Waals surface area contributed by atoms with Crippen molar-refractivity contribution in [3.8, 4) is 0 Å². The number of ether oxygens (including phenoxy) is 1. The van der Waals surface area contributed by atoms with Gasteiger partial charge in [-0.25, -0.2) is 4.79 Å². The molecule has 0 aromatic carbocycles. The van der Waals surface area contributed by atoms with Crippen LogP contribution in [0.15, 0.2) is 35.0 Å². The fourth-order valence-electron chi connectivity index (χ4n) is 1.93. The Bertz CT molecular complexity index is 910. The summed E-state index contributed by atoms with van der Waals surface area (Å²) in [7, 11) is 3.19. The second-order valence-electron chi connectivity index (χ2n) is 5.02. The minimum Gasteiger partial charge on any atom is -0.464 e. The van der Waals surface area contributed by atoms with E-state index >= 15 is 0 Å². The van der Waals surface area contributed by atoms with Crippen molar-refractivity contribution in [3.63, 3.8) is 0 Å². The molecule has 0 unspecified atom stereocenters. The van der Waals surface area contributed by atoms with Crippen molar-refractivity contribution in [1.82, 2.24) is 34.4 Å². The molecule has 0 fully saturated rings. The van der Waals surface area contributed by atoms with E-state index in [2.05, 4.69) is 30.2 Å². The molecule has 0 saturated heterocycles. The van der Waals surface area contributed by atoms with Gasteiger partial charge in [-0.15, -0.1) is 10.2 Å². The van der Waals surface area contributed by atoms with Crippen LogP contribution >= 0.6 is 11.8 Å². The number of aryl methyl sites for hydroxylation is 1. The van der Waals surface area contributed by atoms with E-state index in [4.69, 9.17) is 0 Å². The molecule has 0 radical (unpaired) electrons. The van der Waals surface area contributed by atoms with Crippen molar-refractivity contribution in [2.24, 2.45) is 12.1 Å². The lowest BCUT2D eigenvalue weighted by Crippen LogP contribution is -2.04. The Balaban J connectivity index is 1.67. The highest BCUT2D eigenvalue weighted by atomic mass is 32.2. The zero-order valence-electron chi connectivity index (χ0n) is 13.9. The Morgan fingerprint density at radius 3 is 3.04 bits per heavy atom. The van der Waals surface area contributed by atoms with Crippen LogP contribution in [0.5, 0.6) is 0 Å². The second-order valence-corrected chi connectivity index (χ2v) is 5.93. The van der Waals surface area contributed by atoms with Crippen molar-refractivity contribution in [1.29, 1.82) is 0 Å². The number of carbonyl (C=O) groups is 1. The fourth-order valence-corrected chi connectivity index (χ4v) is 2.65. The summed E-state index contributed by atoms with van der Waals surface area (Å²) >= 11 is 1.39. The standard InChI is InChI=1S/C14H16N8O2S/c1-10-11(6-16-20(10)2)7-17-22-8-15-18-14(22)25-9-21-5-4-12(19-21)13(23)24-3/h4-8H,9H2,1-3H3/b17-7+. The van der Waals surface area contributed by atoms with Gasteiger partial charge in [-0.1, -0.05) is 11.8 Å². The van der Waals surface area contributed by atoms with Gasteiger partial charge in [-0.05, 0) is 13.0 Å². The van der Waals surface area contributed by atoms with Crippen molar-refractivity contribution in [2.75, 3.05) is 7.11 Å². The monoisotopic (exact) mass is 360 g/mol. The molecule has 3 aromatic heterocycles. The number of thioether (sulfide) groups is 1. The fraction of sp³-hybridized carbons (Fsp3) is 0.286. The van der Waals surface area contributed by atoms with Crippen LogP contribution in [0.25, 0.3) is 0 Å². The van der Waals surface area contributed by atoms with E-state index in [-0.39, 0.29) is 5.69 Å². The molecule has 0 atom stereocenters. The Morgan fingerprint density at radius 1 is 1.48 bits per heavy atom. The Kier molecular flexibility index (Phi) is 4.93. The summed E-state index contributed by atoms with van der Waals surface area (Å²) in [6, 6.07) is 1.60. The number of methoxy groups -OCH3 is 1. The van der Waals surface area contributed by atoms with Crippen molar-refractivity contribution < 1.29 is 9.53 Å². The molecular weight excluding hydrogens is 344 g/mol. The number of esters is 1. The van der Waals surface area contributed by atoms with Crippen LogP contribution in [-0.2, 0) is 17.7 Å². The molecule has 0 bridgehead atoms. The highest BCUT2D eigenvalue weighted by Crippen LogP contribution is 2.17. The van der Waals surface area contributed by atoms with Crippen LogP contribution in [0.4, 0.5) is 0 Å².